The van der Waals surface area contributed by atoms with E-state index in [1.54, 1.807) is 0 Å². The quantitative estimate of drug-likeness (QED) is 0.128. The van der Waals surface area contributed by atoms with Gasteiger partial charge >= 0.3 is 17.4 Å². The third-order valence-corrected chi connectivity index (χ3v) is 3.69. The van der Waals surface area contributed by atoms with Crippen molar-refractivity contribution >= 4 is 5.97 Å². The van der Waals surface area contributed by atoms with Crippen LogP contribution in [0.25, 0.3) is 0 Å². The minimum Gasteiger partial charge on any atom is -0.479 e. The first-order valence-corrected chi connectivity index (χ1v) is 4.73. The molecule has 3 aliphatic rings. The highest BCUT2D eigenvalue weighted by molar-refractivity contribution is 5.83. The number of carboxylic acids is 1. The highest BCUT2D eigenvalue weighted by Gasteiger charge is 3.07. The van der Waals surface area contributed by atoms with Gasteiger partial charge in [0.25, 0.3) is 23.1 Å². The molecule has 0 radical (unpaired) electrons. The molecule has 2 heterocycles. The number of carbonyl (C=O) groups is 1. The van der Waals surface area contributed by atoms with E-state index in [1.165, 1.54) is 0 Å². The molecule has 8 N–H and O–H groups in total. The van der Waals surface area contributed by atoms with E-state index >= 15 is 0 Å². The van der Waals surface area contributed by atoms with Crippen LogP contribution in [0.3, 0.4) is 0 Å². The van der Waals surface area contributed by atoms with Crippen LogP contribution < -0.4 is 0 Å². The summed E-state index contributed by atoms with van der Waals surface area (Å²) in [5, 5.41) is 76.4. The van der Waals surface area contributed by atoms with E-state index in [0.29, 0.717) is 0 Å². The number of epoxide rings is 1. The molecular weight excluding hydrogens is 276 g/mol. The summed E-state index contributed by atoms with van der Waals surface area (Å²) in [6, 6.07) is 0. The lowest BCUT2D eigenvalue weighted by Crippen LogP contribution is -2.95. The fourth-order valence-electron chi connectivity index (χ4n) is 2.40. The summed E-state index contributed by atoms with van der Waals surface area (Å²) < 4.78 is 4.03. The van der Waals surface area contributed by atoms with Crippen molar-refractivity contribution in [1.29, 1.82) is 0 Å². The van der Waals surface area contributed by atoms with Crippen molar-refractivity contribution in [3.05, 3.63) is 0 Å². The van der Waals surface area contributed by atoms with Crippen molar-refractivity contribution in [2.24, 2.45) is 0 Å². The second-order valence-corrected chi connectivity index (χ2v) is 4.53. The first kappa shape index (κ1) is 13.1. The minimum absolute atomic E-state index is 2.33. The molecule has 12 heteroatoms. The Hall–Kier alpha value is -0.930. The van der Waals surface area contributed by atoms with Gasteiger partial charge in [-0.2, -0.15) is 4.89 Å². The molecule has 12 nitrogen and oxygen atoms in total. The van der Waals surface area contributed by atoms with Crippen molar-refractivity contribution in [2.75, 3.05) is 0 Å². The van der Waals surface area contributed by atoms with E-state index in [1.807, 2.05) is 0 Å². The number of carboxylic acid groups (broad SMARTS) is 1. The van der Waals surface area contributed by atoms with Crippen LogP contribution in [0, 0.1) is 0 Å². The molecule has 108 valence electrons. The van der Waals surface area contributed by atoms with Crippen LogP contribution in [0.1, 0.15) is 0 Å². The fraction of sp³-hybridized carbons (Fsp3) is 0.857. The molecular formula is C7H8O12. The van der Waals surface area contributed by atoms with Crippen molar-refractivity contribution in [3.8, 4) is 0 Å². The van der Waals surface area contributed by atoms with Crippen LogP contribution in [-0.4, -0.2) is 81.4 Å². The Morgan fingerprint density at radius 2 is 1.21 bits per heavy atom. The Bertz CT molecular complexity index is 500. The smallest absolute Gasteiger partial charge is 0.351 e. The molecule has 0 bridgehead atoms. The molecule has 0 aromatic carbocycles. The second kappa shape index (κ2) is 2.61. The van der Waals surface area contributed by atoms with Crippen LogP contribution >= 0.6 is 0 Å². The van der Waals surface area contributed by atoms with E-state index in [2.05, 4.69) is 14.5 Å². The van der Waals surface area contributed by atoms with E-state index in [4.69, 9.17) is 5.11 Å². The lowest BCUT2D eigenvalue weighted by atomic mass is 9.66. The zero-order valence-electron chi connectivity index (χ0n) is 8.71. The zero-order chi connectivity index (χ0) is 14.7. The van der Waals surface area contributed by atoms with Crippen molar-refractivity contribution < 1.29 is 60.2 Å². The predicted octanol–water partition coefficient (Wildman–Crippen LogP) is -5.76. The van der Waals surface area contributed by atoms with Gasteiger partial charge in [-0.25, -0.2) is 9.68 Å². The van der Waals surface area contributed by atoms with Crippen LogP contribution in [0.2, 0.25) is 0 Å². The van der Waals surface area contributed by atoms with Gasteiger partial charge in [0.2, 0.25) is 0 Å². The van der Waals surface area contributed by atoms with Crippen molar-refractivity contribution in [2.45, 2.75) is 34.5 Å². The Morgan fingerprint density at radius 3 is 1.58 bits per heavy atom. The van der Waals surface area contributed by atoms with E-state index < -0.39 is 40.5 Å². The number of aliphatic carboxylic acids is 1. The normalized spacial score (nSPS) is 56.6. The average molecular weight is 284 g/mol. The number of hydrogen-bond donors (Lipinski definition) is 8. The summed E-state index contributed by atoms with van der Waals surface area (Å²) in [6.45, 7) is 0. The van der Waals surface area contributed by atoms with Crippen LogP contribution in [0.5, 0.6) is 0 Å². The van der Waals surface area contributed by atoms with Crippen LogP contribution in [0.4, 0.5) is 0 Å². The van der Waals surface area contributed by atoms with Crippen molar-refractivity contribution in [3.63, 3.8) is 0 Å². The number of hydrogen-bond acceptors (Lipinski definition) is 11. The summed E-state index contributed by atoms with van der Waals surface area (Å²) >= 11 is 0. The molecule has 3 fully saturated rings. The summed E-state index contributed by atoms with van der Waals surface area (Å²) in [5.41, 5.74) is -3.64. The van der Waals surface area contributed by atoms with Gasteiger partial charge < -0.3 is 40.9 Å². The monoisotopic (exact) mass is 284 g/mol. The summed E-state index contributed by atoms with van der Waals surface area (Å²) in [4.78, 5) is 18.9. The molecule has 3 rings (SSSR count). The van der Waals surface area contributed by atoms with E-state index in [9.17, 15) is 40.5 Å². The van der Waals surface area contributed by atoms with E-state index in [-0.39, 0.29) is 0 Å². The number of rotatable bonds is 1. The third kappa shape index (κ3) is 0.790. The second-order valence-electron chi connectivity index (χ2n) is 4.53. The molecule has 4 atom stereocenters. The van der Waals surface area contributed by atoms with Gasteiger partial charge in [0.15, 0.2) is 0 Å². The standard InChI is InChI=1S/C7H8O12/c8-1(9)2-3(10,11)6(15)7(16,17-6)4(12,13)5(2,14)19-18-2/h10-16H,(H,8,9). The zero-order valence-corrected chi connectivity index (χ0v) is 8.71. The van der Waals surface area contributed by atoms with Crippen LogP contribution in [-0.2, 0) is 19.3 Å². The maximum atomic E-state index is 11.1. The molecule has 19 heavy (non-hydrogen) atoms. The predicted molar refractivity (Wildman–Crippen MR) is 42.8 cm³/mol. The molecule has 0 aromatic rings. The Kier molecular flexibility index (Phi) is 1.80. The van der Waals surface area contributed by atoms with Gasteiger partial charge in [0, 0.05) is 0 Å². The van der Waals surface area contributed by atoms with Gasteiger partial charge in [0.1, 0.15) is 0 Å². The van der Waals surface area contributed by atoms with Gasteiger partial charge in [-0.1, -0.05) is 0 Å². The number of ether oxygens (including phenoxy) is 1. The highest BCUT2D eigenvalue weighted by atomic mass is 17.3. The lowest BCUT2D eigenvalue weighted by Gasteiger charge is -2.60. The fourth-order valence-corrected chi connectivity index (χ4v) is 2.40. The maximum Gasteiger partial charge on any atom is 0.351 e. The highest BCUT2D eigenvalue weighted by Crippen LogP contribution is 2.71. The Balaban J connectivity index is 2.30. The molecule has 0 amide bonds. The number of aliphatic hydroxyl groups is 7. The minimum atomic E-state index is -3.97. The first-order valence-electron chi connectivity index (χ1n) is 4.73. The van der Waals surface area contributed by atoms with Gasteiger partial charge in [0.05, 0.1) is 0 Å². The third-order valence-electron chi connectivity index (χ3n) is 3.69. The molecule has 4 unspecified atom stereocenters. The lowest BCUT2D eigenvalue weighted by molar-refractivity contribution is -0.684. The van der Waals surface area contributed by atoms with Gasteiger partial charge in [-0.3, -0.25) is 4.74 Å². The molecule has 2 aliphatic heterocycles. The Morgan fingerprint density at radius 1 is 0.737 bits per heavy atom. The maximum absolute atomic E-state index is 11.1. The number of fused-ring (bicyclic) bond motifs is 2. The topological polar surface area (TPSA) is 210 Å². The molecule has 0 aromatic heterocycles. The average Bonchev–Trinajstić information content (AvgIpc) is 2.81. The Labute approximate surface area is 102 Å². The first-order chi connectivity index (χ1) is 8.36. The molecule has 0 spiro atoms. The van der Waals surface area contributed by atoms with Crippen LogP contribution in [0.15, 0.2) is 0 Å². The summed E-state index contributed by atoms with van der Waals surface area (Å²) in [7, 11) is 0. The van der Waals surface area contributed by atoms with Crippen molar-refractivity contribution in [1.82, 2.24) is 0 Å². The summed E-state index contributed by atoms with van der Waals surface area (Å²) in [6.07, 6.45) is 0. The molecule has 2 saturated heterocycles. The van der Waals surface area contributed by atoms with Gasteiger partial charge in [-0.05, 0) is 0 Å². The van der Waals surface area contributed by atoms with E-state index in [0.717, 1.165) is 0 Å². The summed E-state index contributed by atoms with van der Waals surface area (Å²) in [5.74, 6) is -21.0. The van der Waals surface area contributed by atoms with Gasteiger partial charge in [-0.15, -0.1) is 0 Å². The molecule has 1 saturated carbocycles. The SMILES string of the molecule is O=C(O)C12OOC1(O)C(O)(O)C1(O)OC1(O)C2(O)O. The largest absolute Gasteiger partial charge is 0.479 e. The molecule has 1 aliphatic carbocycles.